The number of hydrogen-bond acceptors (Lipinski definition) is 8. The smallest absolute Gasteiger partial charge is 0.320 e. The van der Waals surface area contributed by atoms with E-state index in [1.807, 2.05) is 5.43 Å². The van der Waals surface area contributed by atoms with Gasteiger partial charge in [0.05, 0.1) is 16.1 Å². The van der Waals surface area contributed by atoms with Crippen molar-refractivity contribution in [3.05, 3.63) is 54.3 Å². The molecule has 12 nitrogen and oxygen atoms in total. The molecule has 2 aromatic rings. The van der Waals surface area contributed by atoms with Gasteiger partial charge < -0.3 is 5.11 Å². The number of nitrogens with zero attached hydrogens (tertiary/aromatic N) is 5. The topological polar surface area (TPSA) is 166 Å². The Morgan fingerprint density at radius 3 is 2.60 bits per heavy atom. The lowest BCUT2D eigenvalue weighted by Gasteiger charge is -2.01. The fraction of sp³-hybridized carbons (Fsp3) is 0.0833. The summed E-state index contributed by atoms with van der Waals surface area (Å²) in [5, 5.41) is 38.7. The molecule has 0 radical (unpaired) electrons. The summed E-state index contributed by atoms with van der Waals surface area (Å²) in [6, 6.07) is 2.43. The van der Waals surface area contributed by atoms with Gasteiger partial charge in [-0.25, -0.2) is 5.43 Å². The molecule has 0 fully saturated rings. The number of aromatic hydroxyl groups is 1. The molecular weight excluding hydrogens is 404 g/mol. The molecule has 0 saturated heterocycles. The summed E-state index contributed by atoms with van der Waals surface area (Å²) >= 11 is 3.05. The van der Waals surface area contributed by atoms with E-state index in [1.54, 1.807) is 0 Å². The van der Waals surface area contributed by atoms with Crippen molar-refractivity contribution < 1.29 is 19.7 Å². The number of nitro groups is 2. The van der Waals surface area contributed by atoms with Crippen LogP contribution in [0, 0.1) is 20.2 Å². The lowest BCUT2D eigenvalue weighted by atomic mass is 10.2. The van der Waals surface area contributed by atoms with Crippen LogP contribution < -0.4 is 5.43 Å². The number of aromatic nitrogens is 2. The second-order valence-corrected chi connectivity index (χ2v) is 5.53. The Morgan fingerprint density at radius 2 is 2.00 bits per heavy atom. The Kier molecular flexibility index (Phi) is 5.07. The summed E-state index contributed by atoms with van der Waals surface area (Å²) in [5.41, 5.74) is 0.454. The molecule has 2 rings (SSSR count). The average molecular weight is 413 g/mol. The number of aryl methyl sites for hydroxylation is 1. The number of rotatable bonds is 5. The number of nitrogens with one attached hydrogen (secondary N) is 1. The third-order valence-corrected chi connectivity index (χ3v) is 3.33. The van der Waals surface area contributed by atoms with E-state index in [1.165, 1.54) is 13.1 Å². The van der Waals surface area contributed by atoms with Crippen LogP contribution in [-0.4, -0.2) is 36.9 Å². The van der Waals surface area contributed by atoms with Gasteiger partial charge in [0.1, 0.15) is 6.20 Å². The first-order valence-electron chi connectivity index (χ1n) is 6.39. The number of hydrogen-bond donors (Lipinski definition) is 2. The maximum Gasteiger partial charge on any atom is 0.320 e. The van der Waals surface area contributed by atoms with Crippen LogP contribution in [0.4, 0.5) is 11.4 Å². The predicted molar refractivity (Wildman–Crippen MR) is 87.4 cm³/mol. The average Bonchev–Trinajstić information content (AvgIpc) is 2.92. The first-order chi connectivity index (χ1) is 11.7. The number of phenols is 1. The zero-order chi connectivity index (χ0) is 18.7. The minimum atomic E-state index is -0.951. The second kappa shape index (κ2) is 7.04. The molecule has 0 atom stereocenters. The quantitative estimate of drug-likeness (QED) is 0.425. The van der Waals surface area contributed by atoms with Crippen LogP contribution >= 0.6 is 15.9 Å². The molecule has 0 spiro atoms. The van der Waals surface area contributed by atoms with Crippen LogP contribution in [0.1, 0.15) is 16.1 Å². The van der Waals surface area contributed by atoms with Crippen molar-refractivity contribution in [2.45, 2.75) is 0 Å². The zero-order valence-electron chi connectivity index (χ0n) is 12.4. The molecule has 0 unspecified atom stereocenters. The molecule has 1 amide bonds. The van der Waals surface area contributed by atoms with E-state index in [-0.39, 0.29) is 5.56 Å². The van der Waals surface area contributed by atoms with Gasteiger partial charge in [0, 0.05) is 23.2 Å². The minimum Gasteiger partial charge on any atom is -0.502 e. The van der Waals surface area contributed by atoms with Crippen molar-refractivity contribution in [1.82, 2.24) is 15.2 Å². The van der Waals surface area contributed by atoms with E-state index in [0.717, 1.165) is 23.2 Å². The van der Waals surface area contributed by atoms with Gasteiger partial charge in [-0.1, -0.05) is 15.9 Å². The maximum atomic E-state index is 11.9. The Balaban J connectivity index is 2.23. The largest absolute Gasteiger partial charge is 0.502 e. The van der Waals surface area contributed by atoms with Crippen molar-refractivity contribution in [3.63, 3.8) is 0 Å². The Morgan fingerprint density at radius 1 is 1.36 bits per heavy atom. The highest BCUT2D eigenvalue weighted by Crippen LogP contribution is 2.32. The summed E-state index contributed by atoms with van der Waals surface area (Å²) < 4.78 is 1.41. The second-order valence-electron chi connectivity index (χ2n) is 4.61. The van der Waals surface area contributed by atoms with Crippen molar-refractivity contribution >= 4 is 39.4 Å². The molecular formula is C12H9BrN6O6. The van der Waals surface area contributed by atoms with Gasteiger partial charge in [0.15, 0.2) is 0 Å². The molecule has 0 aliphatic carbocycles. The Hall–Kier alpha value is -3.35. The first kappa shape index (κ1) is 18.0. The highest BCUT2D eigenvalue weighted by Gasteiger charge is 2.24. The highest BCUT2D eigenvalue weighted by atomic mass is 79.9. The first-order valence-corrected chi connectivity index (χ1v) is 7.18. The SMILES string of the molecule is Cn1cc([N+](=O)[O-])c(C(=O)N/N=C\c2cc(Br)cc([N+](=O)[O-])c2O)n1. The Bertz CT molecular complexity index is 908. The monoisotopic (exact) mass is 412 g/mol. The molecule has 0 saturated carbocycles. The van der Waals surface area contributed by atoms with Crippen LogP contribution in [0.2, 0.25) is 0 Å². The van der Waals surface area contributed by atoms with Gasteiger partial charge in [-0.3, -0.25) is 29.7 Å². The molecule has 1 heterocycles. The molecule has 1 aromatic carbocycles. The molecule has 0 bridgehead atoms. The molecule has 2 N–H and O–H groups in total. The number of benzene rings is 1. The fourth-order valence-electron chi connectivity index (χ4n) is 1.83. The van der Waals surface area contributed by atoms with Gasteiger partial charge in [-0.15, -0.1) is 0 Å². The highest BCUT2D eigenvalue weighted by molar-refractivity contribution is 9.10. The molecule has 0 aliphatic rings. The fourth-order valence-corrected chi connectivity index (χ4v) is 2.29. The number of hydrazone groups is 1. The molecule has 130 valence electrons. The van der Waals surface area contributed by atoms with Crippen LogP contribution in [0.3, 0.4) is 0 Å². The third-order valence-electron chi connectivity index (χ3n) is 2.87. The van der Waals surface area contributed by atoms with Crippen LogP contribution in [0.5, 0.6) is 5.75 Å². The third kappa shape index (κ3) is 3.95. The lowest BCUT2D eigenvalue weighted by Crippen LogP contribution is -2.19. The van der Waals surface area contributed by atoms with Crippen molar-refractivity contribution in [2.24, 2.45) is 12.1 Å². The maximum absolute atomic E-state index is 11.9. The Labute approximate surface area is 147 Å². The van der Waals surface area contributed by atoms with Crippen molar-refractivity contribution in [2.75, 3.05) is 0 Å². The van der Waals surface area contributed by atoms with Crippen LogP contribution in [0.25, 0.3) is 0 Å². The van der Waals surface area contributed by atoms with Gasteiger partial charge in [-0.2, -0.15) is 10.2 Å². The zero-order valence-corrected chi connectivity index (χ0v) is 14.0. The molecule has 13 heteroatoms. The van der Waals surface area contributed by atoms with Gasteiger partial charge in [0.25, 0.3) is 5.91 Å². The van der Waals surface area contributed by atoms with Gasteiger partial charge in [0.2, 0.25) is 11.4 Å². The number of nitro benzene ring substituents is 1. The van der Waals surface area contributed by atoms with Crippen LogP contribution in [0.15, 0.2) is 27.9 Å². The van der Waals surface area contributed by atoms with E-state index in [2.05, 4.69) is 26.1 Å². The van der Waals surface area contributed by atoms with Gasteiger partial charge >= 0.3 is 11.4 Å². The van der Waals surface area contributed by atoms with Crippen molar-refractivity contribution in [3.8, 4) is 5.75 Å². The van der Waals surface area contributed by atoms with E-state index < -0.39 is 38.6 Å². The molecule has 0 aliphatic heterocycles. The lowest BCUT2D eigenvalue weighted by molar-refractivity contribution is -0.386. The predicted octanol–water partition coefficient (Wildman–Crippen LogP) is 1.47. The van der Waals surface area contributed by atoms with Crippen LogP contribution in [-0.2, 0) is 7.05 Å². The number of phenolic OH excluding ortho intramolecular Hbond substituents is 1. The molecule has 25 heavy (non-hydrogen) atoms. The minimum absolute atomic E-state index is 0.0445. The van der Waals surface area contributed by atoms with E-state index >= 15 is 0 Å². The summed E-state index contributed by atoms with van der Waals surface area (Å²) in [7, 11) is 1.41. The number of carbonyl (C=O) groups is 1. The number of halogens is 1. The van der Waals surface area contributed by atoms with E-state index in [0.29, 0.717) is 4.47 Å². The van der Waals surface area contributed by atoms with E-state index in [4.69, 9.17) is 0 Å². The normalized spacial score (nSPS) is 10.8. The summed E-state index contributed by atoms with van der Waals surface area (Å²) in [6.07, 6.45) is 2.02. The summed E-state index contributed by atoms with van der Waals surface area (Å²) in [6.45, 7) is 0. The van der Waals surface area contributed by atoms with E-state index in [9.17, 15) is 30.1 Å². The molecule has 1 aromatic heterocycles. The number of amides is 1. The van der Waals surface area contributed by atoms with Gasteiger partial charge in [-0.05, 0) is 6.07 Å². The van der Waals surface area contributed by atoms with Crippen molar-refractivity contribution in [1.29, 1.82) is 0 Å². The standard InChI is InChI=1S/C12H9BrN6O6/c1-17-5-9(19(24)25)10(16-17)12(21)15-14-4-6-2-7(13)3-8(11(6)20)18(22)23/h2-5,20H,1H3,(H,15,21)/b14-4-. The summed E-state index contributed by atoms with van der Waals surface area (Å²) in [5.74, 6) is -1.59. The number of carbonyl (C=O) groups excluding carboxylic acids is 1. The summed E-state index contributed by atoms with van der Waals surface area (Å²) in [4.78, 5) is 32.0.